The number of amides is 2. The first-order valence-electron chi connectivity index (χ1n) is 7.38. The molecular formula is C17H19N3O2S. The standard InChI is InChI=1S/C17H19N3O2S/c1-5-14-16(22)20(12-7-6-10(2)11(3)8-12)17(23-14)13(9-18)15(21)19-4/h6-8,14H,5H2,1-4H3,(H,19,21)/b17-13-. The Morgan fingerprint density at radius 3 is 2.61 bits per heavy atom. The largest absolute Gasteiger partial charge is 0.354 e. The molecule has 1 aromatic carbocycles. The second kappa shape index (κ2) is 6.88. The van der Waals surface area contributed by atoms with Gasteiger partial charge in [-0.3, -0.25) is 14.5 Å². The van der Waals surface area contributed by atoms with Gasteiger partial charge in [-0.25, -0.2) is 0 Å². The van der Waals surface area contributed by atoms with Crippen molar-refractivity contribution in [1.29, 1.82) is 5.26 Å². The average molecular weight is 329 g/mol. The molecule has 2 rings (SSSR count). The zero-order chi connectivity index (χ0) is 17.1. The van der Waals surface area contributed by atoms with Crippen molar-refractivity contribution in [2.75, 3.05) is 11.9 Å². The summed E-state index contributed by atoms with van der Waals surface area (Å²) >= 11 is 1.28. The number of nitrogens with one attached hydrogen (secondary N) is 1. The summed E-state index contributed by atoms with van der Waals surface area (Å²) in [5.74, 6) is -0.569. The fourth-order valence-electron chi connectivity index (χ4n) is 2.34. The molecule has 5 nitrogen and oxygen atoms in total. The van der Waals surface area contributed by atoms with Gasteiger partial charge in [0.15, 0.2) is 0 Å². The van der Waals surface area contributed by atoms with Crippen molar-refractivity contribution >= 4 is 29.3 Å². The molecule has 0 saturated carbocycles. The van der Waals surface area contributed by atoms with Gasteiger partial charge in [0.25, 0.3) is 5.91 Å². The molecule has 0 spiro atoms. The summed E-state index contributed by atoms with van der Waals surface area (Å²) in [4.78, 5) is 26.2. The van der Waals surface area contributed by atoms with Crippen molar-refractivity contribution in [1.82, 2.24) is 5.32 Å². The van der Waals surface area contributed by atoms with Gasteiger partial charge in [0.2, 0.25) is 5.91 Å². The van der Waals surface area contributed by atoms with E-state index in [2.05, 4.69) is 5.32 Å². The van der Waals surface area contributed by atoms with Crippen LogP contribution in [0.1, 0.15) is 24.5 Å². The number of hydrogen-bond acceptors (Lipinski definition) is 4. The minimum absolute atomic E-state index is 0.0278. The van der Waals surface area contributed by atoms with Gasteiger partial charge in [-0.15, -0.1) is 0 Å². The SMILES string of the molecule is CCC1S/C(=C(/C#N)C(=O)NC)N(c2ccc(C)c(C)c2)C1=O. The molecule has 1 heterocycles. The maximum absolute atomic E-state index is 12.7. The van der Waals surface area contributed by atoms with Crippen molar-refractivity contribution in [2.24, 2.45) is 0 Å². The van der Waals surface area contributed by atoms with Gasteiger partial charge in [0, 0.05) is 12.7 Å². The average Bonchev–Trinajstić information content (AvgIpc) is 2.87. The van der Waals surface area contributed by atoms with Crippen molar-refractivity contribution < 1.29 is 9.59 Å². The van der Waals surface area contributed by atoms with E-state index in [0.29, 0.717) is 17.1 Å². The molecule has 0 bridgehead atoms. The summed E-state index contributed by atoms with van der Waals surface area (Å²) in [6.45, 7) is 5.89. The van der Waals surface area contributed by atoms with Crippen LogP contribution in [-0.4, -0.2) is 24.1 Å². The Labute approximate surface area is 140 Å². The Morgan fingerprint density at radius 2 is 2.09 bits per heavy atom. The maximum Gasteiger partial charge on any atom is 0.264 e. The number of anilines is 1. The number of nitriles is 1. The highest BCUT2D eigenvalue weighted by atomic mass is 32.2. The number of aryl methyl sites for hydroxylation is 2. The van der Waals surface area contributed by atoms with E-state index in [4.69, 9.17) is 0 Å². The Hall–Kier alpha value is -2.26. The quantitative estimate of drug-likeness (QED) is 0.683. The number of carbonyl (C=O) groups is 2. The van der Waals surface area contributed by atoms with E-state index in [0.717, 1.165) is 11.1 Å². The van der Waals surface area contributed by atoms with Crippen molar-refractivity contribution in [3.8, 4) is 6.07 Å². The third-order valence-electron chi connectivity index (χ3n) is 3.85. The van der Waals surface area contributed by atoms with Gasteiger partial charge in [0.05, 0.1) is 5.25 Å². The second-order valence-corrected chi connectivity index (χ2v) is 6.52. The summed E-state index contributed by atoms with van der Waals surface area (Å²) in [7, 11) is 1.47. The van der Waals surface area contributed by atoms with Gasteiger partial charge in [-0.2, -0.15) is 5.26 Å². The van der Waals surface area contributed by atoms with Gasteiger partial charge in [-0.1, -0.05) is 24.8 Å². The van der Waals surface area contributed by atoms with Crippen LogP contribution in [0.25, 0.3) is 0 Å². The minimum atomic E-state index is -0.478. The third kappa shape index (κ3) is 3.10. The van der Waals surface area contributed by atoms with Crippen molar-refractivity contribution in [3.05, 3.63) is 39.9 Å². The van der Waals surface area contributed by atoms with Gasteiger partial charge >= 0.3 is 0 Å². The van der Waals surface area contributed by atoms with E-state index in [1.54, 1.807) is 0 Å². The van der Waals surface area contributed by atoms with Gasteiger partial charge < -0.3 is 5.32 Å². The first-order valence-corrected chi connectivity index (χ1v) is 8.26. The molecule has 1 N–H and O–H groups in total. The lowest BCUT2D eigenvalue weighted by Crippen LogP contribution is -2.30. The number of rotatable bonds is 3. The van der Waals surface area contributed by atoms with Gasteiger partial charge in [0.1, 0.15) is 16.7 Å². The second-order valence-electron chi connectivity index (χ2n) is 5.33. The van der Waals surface area contributed by atoms with Crippen LogP contribution in [0, 0.1) is 25.2 Å². The number of hydrogen-bond donors (Lipinski definition) is 1. The molecule has 0 radical (unpaired) electrons. The highest BCUT2D eigenvalue weighted by molar-refractivity contribution is 8.05. The normalized spacial score (nSPS) is 19.5. The van der Waals surface area contributed by atoms with Crippen molar-refractivity contribution in [3.63, 3.8) is 0 Å². The van der Waals surface area contributed by atoms with E-state index in [1.807, 2.05) is 45.0 Å². The lowest BCUT2D eigenvalue weighted by atomic mass is 10.1. The van der Waals surface area contributed by atoms with Crippen LogP contribution in [0.5, 0.6) is 0 Å². The molecule has 6 heteroatoms. The zero-order valence-electron chi connectivity index (χ0n) is 13.6. The van der Waals surface area contributed by atoms with Crippen LogP contribution >= 0.6 is 11.8 Å². The predicted molar refractivity (Wildman–Crippen MR) is 91.8 cm³/mol. The molecule has 23 heavy (non-hydrogen) atoms. The Bertz CT molecular complexity index is 734. The van der Waals surface area contributed by atoms with Crippen molar-refractivity contribution in [2.45, 2.75) is 32.4 Å². The van der Waals surface area contributed by atoms with Gasteiger partial charge in [-0.05, 0) is 43.5 Å². The molecule has 1 atom stereocenters. The molecule has 1 unspecified atom stereocenters. The molecular weight excluding hydrogens is 310 g/mol. The van der Waals surface area contributed by atoms with Crippen LogP contribution in [0.3, 0.4) is 0 Å². The molecule has 1 aliphatic heterocycles. The monoisotopic (exact) mass is 329 g/mol. The summed E-state index contributed by atoms with van der Waals surface area (Å²) in [6, 6.07) is 7.63. The number of nitrogens with zero attached hydrogens (tertiary/aromatic N) is 2. The van der Waals surface area contributed by atoms with Crippen LogP contribution in [-0.2, 0) is 9.59 Å². The zero-order valence-corrected chi connectivity index (χ0v) is 14.5. The molecule has 2 amide bonds. The van der Waals surface area contributed by atoms with Crippen LogP contribution in [0.2, 0.25) is 0 Å². The number of carbonyl (C=O) groups excluding carboxylic acids is 2. The number of benzene rings is 1. The van der Waals surface area contributed by atoms with E-state index in [-0.39, 0.29) is 16.7 Å². The topological polar surface area (TPSA) is 73.2 Å². The molecule has 1 aromatic rings. The highest BCUT2D eigenvalue weighted by Gasteiger charge is 2.39. The van der Waals surface area contributed by atoms with E-state index in [1.165, 1.54) is 23.7 Å². The highest BCUT2D eigenvalue weighted by Crippen LogP contribution is 2.42. The molecule has 0 aromatic heterocycles. The Kier molecular flexibility index (Phi) is 5.12. The first-order chi connectivity index (χ1) is 10.9. The number of thioether (sulfide) groups is 1. The van der Waals surface area contributed by atoms with Crippen LogP contribution < -0.4 is 10.2 Å². The molecule has 1 saturated heterocycles. The smallest absolute Gasteiger partial charge is 0.264 e. The van der Waals surface area contributed by atoms with E-state index >= 15 is 0 Å². The molecule has 1 aliphatic rings. The summed E-state index contributed by atoms with van der Waals surface area (Å²) < 4.78 is 0. The summed E-state index contributed by atoms with van der Waals surface area (Å²) in [5.41, 5.74) is 2.84. The van der Waals surface area contributed by atoms with Crippen LogP contribution in [0.15, 0.2) is 28.8 Å². The fourth-order valence-corrected chi connectivity index (χ4v) is 3.54. The third-order valence-corrected chi connectivity index (χ3v) is 5.28. The first kappa shape index (κ1) is 17.1. The Balaban J connectivity index is 2.62. The molecule has 0 aliphatic carbocycles. The summed E-state index contributed by atoms with van der Waals surface area (Å²) in [5, 5.41) is 12.0. The van der Waals surface area contributed by atoms with E-state index in [9.17, 15) is 14.9 Å². The predicted octanol–water partition coefficient (Wildman–Crippen LogP) is 2.64. The maximum atomic E-state index is 12.7. The fraction of sp³-hybridized carbons (Fsp3) is 0.353. The summed E-state index contributed by atoms with van der Waals surface area (Å²) in [6.07, 6.45) is 0.640. The van der Waals surface area contributed by atoms with Crippen LogP contribution in [0.4, 0.5) is 5.69 Å². The van der Waals surface area contributed by atoms with E-state index < -0.39 is 5.91 Å². The minimum Gasteiger partial charge on any atom is -0.354 e. The lowest BCUT2D eigenvalue weighted by molar-refractivity contribution is -0.117. The molecule has 120 valence electrons. The lowest BCUT2D eigenvalue weighted by Gasteiger charge is -2.19. The number of likely N-dealkylation sites (N-methyl/N-ethyl adjacent to an activating group) is 1. The molecule has 1 fully saturated rings. The Morgan fingerprint density at radius 1 is 1.39 bits per heavy atom.